The van der Waals surface area contributed by atoms with Gasteiger partial charge in [-0.15, -0.1) is 0 Å². The summed E-state index contributed by atoms with van der Waals surface area (Å²) in [5, 5.41) is 0.823. The first-order chi connectivity index (χ1) is 13.2. The van der Waals surface area contributed by atoms with Crippen molar-refractivity contribution < 1.29 is 14.3 Å². The summed E-state index contributed by atoms with van der Waals surface area (Å²) in [6.45, 7) is 6.34. The van der Waals surface area contributed by atoms with Crippen molar-refractivity contribution in [2.24, 2.45) is 0 Å². The maximum absolute atomic E-state index is 12.5. The molecule has 0 saturated carbocycles. The van der Waals surface area contributed by atoms with Crippen LogP contribution in [0.25, 0.3) is 0 Å². The van der Waals surface area contributed by atoms with Gasteiger partial charge in [0.1, 0.15) is 17.2 Å². The molecule has 27 heavy (non-hydrogen) atoms. The molecule has 0 aliphatic carbocycles. The van der Waals surface area contributed by atoms with Crippen molar-refractivity contribution in [3.05, 3.63) is 12.4 Å². The van der Waals surface area contributed by atoms with Crippen molar-refractivity contribution in [3.8, 4) is 0 Å². The van der Waals surface area contributed by atoms with E-state index in [1.165, 1.54) is 31.0 Å². The second-order valence-corrected chi connectivity index (χ2v) is 7.61. The third-order valence-corrected chi connectivity index (χ3v) is 5.72. The Kier molecular flexibility index (Phi) is 7.14. The molecule has 0 N–H and O–H groups in total. The van der Waals surface area contributed by atoms with Gasteiger partial charge in [0.15, 0.2) is 0 Å². The zero-order valence-corrected chi connectivity index (χ0v) is 16.6. The zero-order chi connectivity index (χ0) is 19.1. The molecule has 0 bridgehead atoms. The minimum Gasteiger partial charge on any atom is -0.450 e. The van der Waals surface area contributed by atoms with Crippen molar-refractivity contribution in [1.82, 2.24) is 19.8 Å². The fourth-order valence-corrected chi connectivity index (χ4v) is 4.05. The summed E-state index contributed by atoms with van der Waals surface area (Å²) < 4.78 is 5.00. The van der Waals surface area contributed by atoms with E-state index in [1.807, 2.05) is 6.07 Å². The standard InChI is InChI=1S/C18H27N5O3S/c1-2-26-18(25)23-10-8-22(9-11-23)17(24)13-27-16-12-15(19-14-20-16)21-6-4-3-5-7-21/h12,14H,2-11,13H2,1H3. The molecular formula is C18H27N5O3S. The van der Waals surface area contributed by atoms with Crippen LogP contribution in [0.5, 0.6) is 0 Å². The summed E-state index contributed by atoms with van der Waals surface area (Å²) >= 11 is 1.44. The van der Waals surface area contributed by atoms with Crippen LogP contribution in [0.15, 0.2) is 17.4 Å². The summed E-state index contributed by atoms with van der Waals surface area (Å²) in [5.41, 5.74) is 0. The Morgan fingerprint density at radius 1 is 1.04 bits per heavy atom. The number of thioether (sulfide) groups is 1. The van der Waals surface area contributed by atoms with E-state index in [4.69, 9.17) is 4.74 Å². The van der Waals surface area contributed by atoms with Crippen molar-refractivity contribution in [1.29, 1.82) is 0 Å². The highest BCUT2D eigenvalue weighted by Crippen LogP contribution is 2.22. The number of carbonyl (C=O) groups excluding carboxylic acids is 2. The Balaban J connectivity index is 1.46. The number of piperazine rings is 1. The molecule has 0 atom stereocenters. The van der Waals surface area contributed by atoms with Crippen LogP contribution in [-0.2, 0) is 9.53 Å². The number of aromatic nitrogens is 2. The molecule has 148 valence electrons. The summed E-state index contributed by atoms with van der Waals surface area (Å²) in [4.78, 5) is 38.6. The lowest BCUT2D eigenvalue weighted by Crippen LogP contribution is -2.51. The lowest BCUT2D eigenvalue weighted by molar-refractivity contribution is -0.129. The first-order valence-electron chi connectivity index (χ1n) is 9.56. The van der Waals surface area contributed by atoms with Gasteiger partial charge in [0.2, 0.25) is 5.91 Å². The van der Waals surface area contributed by atoms with Crippen LogP contribution in [0.3, 0.4) is 0 Å². The summed E-state index contributed by atoms with van der Waals surface area (Å²) in [6, 6.07) is 1.97. The van der Waals surface area contributed by atoms with E-state index in [0.29, 0.717) is 38.5 Å². The number of amides is 2. The molecular weight excluding hydrogens is 366 g/mol. The molecule has 2 amide bonds. The molecule has 0 unspecified atom stereocenters. The molecule has 8 nitrogen and oxygen atoms in total. The molecule has 2 aliphatic rings. The number of rotatable bonds is 5. The second-order valence-electron chi connectivity index (χ2n) is 6.62. The smallest absolute Gasteiger partial charge is 0.409 e. The molecule has 3 heterocycles. The number of ether oxygens (including phenoxy) is 1. The Morgan fingerprint density at radius 2 is 1.74 bits per heavy atom. The highest BCUT2D eigenvalue weighted by molar-refractivity contribution is 7.99. The third-order valence-electron chi connectivity index (χ3n) is 4.81. The van der Waals surface area contributed by atoms with E-state index in [1.54, 1.807) is 23.1 Å². The van der Waals surface area contributed by atoms with Gasteiger partial charge >= 0.3 is 6.09 Å². The molecule has 2 fully saturated rings. The topological polar surface area (TPSA) is 78.9 Å². The third kappa shape index (κ3) is 5.47. The largest absolute Gasteiger partial charge is 0.450 e. The maximum atomic E-state index is 12.5. The van der Waals surface area contributed by atoms with Crippen molar-refractivity contribution in [3.63, 3.8) is 0 Å². The predicted molar refractivity (Wildman–Crippen MR) is 104 cm³/mol. The zero-order valence-electron chi connectivity index (χ0n) is 15.8. The Hall–Kier alpha value is -2.03. The van der Waals surface area contributed by atoms with E-state index in [2.05, 4.69) is 14.9 Å². The highest BCUT2D eigenvalue weighted by atomic mass is 32.2. The summed E-state index contributed by atoms with van der Waals surface area (Å²) in [5.74, 6) is 1.36. The van der Waals surface area contributed by atoms with Crippen LogP contribution in [0, 0.1) is 0 Å². The van der Waals surface area contributed by atoms with E-state index in [-0.39, 0.29) is 12.0 Å². The SMILES string of the molecule is CCOC(=O)N1CCN(C(=O)CSc2cc(N3CCCCC3)ncn2)CC1. The molecule has 1 aromatic heterocycles. The first kappa shape index (κ1) is 19.7. The average Bonchev–Trinajstić information content (AvgIpc) is 2.73. The van der Waals surface area contributed by atoms with Gasteiger partial charge in [-0.3, -0.25) is 4.79 Å². The number of hydrogen-bond donors (Lipinski definition) is 0. The number of piperidine rings is 1. The molecule has 3 rings (SSSR count). The van der Waals surface area contributed by atoms with Crippen LogP contribution in [0.2, 0.25) is 0 Å². The van der Waals surface area contributed by atoms with Crippen molar-refractivity contribution in [2.45, 2.75) is 31.2 Å². The Bertz CT molecular complexity index is 646. The molecule has 9 heteroatoms. The molecule has 0 aromatic carbocycles. The van der Waals surface area contributed by atoms with Crippen LogP contribution < -0.4 is 4.90 Å². The van der Waals surface area contributed by atoms with Gasteiger partial charge in [-0.05, 0) is 26.2 Å². The van der Waals surface area contributed by atoms with E-state index < -0.39 is 0 Å². The lowest BCUT2D eigenvalue weighted by atomic mass is 10.1. The number of nitrogens with zero attached hydrogens (tertiary/aromatic N) is 5. The predicted octanol–water partition coefficient (Wildman–Crippen LogP) is 1.86. The number of hydrogen-bond acceptors (Lipinski definition) is 7. The average molecular weight is 394 g/mol. The lowest BCUT2D eigenvalue weighted by Gasteiger charge is -2.34. The molecule has 0 radical (unpaired) electrons. The van der Waals surface area contributed by atoms with Gasteiger partial charge in [-0.2, -0.15) is 0 Å². The van der Waals surface area contributed by atoms with Gasteiger partial charge in [0.25, 0.3) is 0 Å². The number of anilines is 1. The normalized spacial score (nSPS) is 17.7. The quantitative estimate of drug-likeness (QED) is 0.558. The van der Waals surface area contributed by atoms with Crippen molar-refractivity contribution in [2.75, 3.05) is 56.5 Å². The van der Waals surface area contributed by atoms with E-state index in [0.717, 1.165) is 23.9 Å². The van der Waals surface area contributed by atoms with Gasteiger partial charge in [0, 0.05) is 45.3 Å². The van der Waals surface area contributed by atoms with Gasteiger partial charge in [-0.25, -0.2) is 14.8 Å². The van der Waals surface area contributed by atoms with Gasteiger partial charge in [-0.1, -0.05) is 11.8 Å². The fraction of sp³-hybridized carbons (Fsp3) is 0.667. The Labute approximate surface area is 164 Å². The van der Waals surface area contributed by atoms with Crippen LogP contribution in [0.4, 0.5) is 10.6 Å². The van der Waals surface area contributed by atoms with Crippen LogP contribution in [0.1, 0.15) is 26.2 Å². The number of carbonyl (C=O) groups is 2. The monoisotopic (exact) mass is 393 g/mol. The molecule has 0 spiro atoms. The highest BCUT2D eigenvalue weighted by Gasteiger charge is 2.24. The van der Waals surface area contributed by atoms with Crippen molar-refractivity contribution >= 4 is 29.6 Å². The molecule has 2 aliphatic heterocycles. The summed E-state index contributed by atoms with van der Waals surface area (Å²) in [7, 11) is 0. The maximum Gasteiger partial charge on any atom is 0.409 e. The second kappa shape index (κ2) is 9.77. The minimum atomic E-state index is -0.301. The fourth-order valence-electron chi connectivity index (χ4n) is 3.28. The molecule has 2 saturated heterocycles. The van der Waals surface area contributed by atoms with E-state index >= 15 is 0 Å². The molecule has 1 aromatic rings. The Morgan fingerprint density at radius 3 is 2.44 bits per heavy atom. The van der Waals surface area contributed by atoms with E-state index in [9.17, 15) is 9.59 Å². The van der Waals surface area contributed by atoms with Crippen LogP contribution >= 0.6 is 11.8 Å². The minimum absolute atomic E-state index is 0.0710. The summed E-state index contributed by atoms with van der Waals surface area (Å²) in [6.07, 6.45) is 4.95. The van der Waals surface area contributed by atoms with Gasteiger partial charge in [0.05, 0.1) is 12.4 Å². The van der Waals surface area contributed by atoms with Gasteiger partial charge < -0.3 is 19.4 Å². The van der Waals surface area contributed by atoms with Crippen LogP contribution in [-0.4, -0.2) is 83.4 Å². The first-order valence-corrected chi connectivity index (χ1v) is 10.5.